The van der Waals surface area contributed by atoms with Gasteiger partial charge in [-0.25, -0.2) is 14.6 Å². The predicted octanol–water partition coefficient (Wildman–Crippen LogP) is 6.63. The third-order valence-corrected chi connectivity index (χ3v) is 6.38. The number of hydrogen-bond donors (Lipinski definition) is 2. The summed E-state index contributed by atoms with van der Waals surface area (Å²) in [6.07, 6.45) is -1.53. The Morgan fingerprint density at radius 3 is 1.59 bits per heavy atom. The maximum absolute atomic E-state index is 12.6. The second-order valence-corrected chi connectivity index (χ2v) is 14.3. The molecule has 0 atom stereocenters. The summed E-state index contributed by atoms with van der Waals surface area (Å²) < 4.78 is 38.3. The van der Waals surface area contributed by atoms with Gasteiger partial charge in [0.2, 0.25) is 5.96 Å². The van der Waals surface area contributed by atoms with Crippen LogP contribution in [0.15, 0.2) is 47.5 Å². The summed E-state index contributed by atoms with van der Waals surface area (Å²) in [4.78, 5) is 29.7. The Hall–Kier alpha value is -3.71. The molecule has 0 aliphatic rings. The first kappa shape index (κ1) is 41.5. The summed E-state index contributed by atoms with van der Waals surface area (Å²) in [5.41, 5.74) is 2.45. The maximum atomic E-state index is 12.6. The fourth-order valence-corrected chi connectivity index (χ4v) is 4.15. The highest BCUT2D eigenvalue weighted by Crippen LogP contribution is 2.30. The van der Waals surface area contributed by atoms with E-state index < -0.39 is 23.4 Å². The van der Waals surface area contributed by atoms with E-state index in [0.29, 0.717) is 58.6 Å². The normalized spacial score (nSPS) is 11.9. The Labute approximate surface area is 292 Å². The van der Waals surface area contributed by atoms with Crippen molar-refractivity contribution >= 4 is 18.1 Å². The first-order valence-corrected chi connectivity index (χ1v) is 16.6. The highest BCUT2D eigenvalue weighted by Gasteiger charge is 2.21. The third kappa shape index (κ3) is 18.6. The highest BCUT2D eigenvalue weighted by molar-refractivity contribution is 6.01. The monoisotopic (exact) mass is 687 g/mol. The van der Waals surface area contributed by atoms with Gasteiger partial charge in [0.05, 0.1) is 52.8 Å². The molecule has 0 aromatic heterocycles. The first-order valence-electron chi connectivity index (χ1n) is 16.6. The van der Waals surface area contributed by atoms with Crippen LogP contribution in [0.5, 0.6) is 5.75 Å². The van der Waals surface area contributed by atoms with Gasteiger partial charge in [-0.3, -0.25) is 10.6 Å². The van der Waals surface area contributed by atoms with Crippen molar-refractivity contribution in [1.29, 1.82) is 0 Å². The van der Waals surface area contributed by atoms with Crippen molar-refractivity contribution in [2.45, 2.75) is 85.5 Å². The SMILES string of the molecule is COCCOCCOCCOCCOc1cc(CN=C(NC(=O)OC(C)(C)C)NC(=O)OC(C)(C)C)cc(-c2ccc(C(C)(C)C)cc2)c1. The number of methoxy groups -OCH3 is 1. The van der Waals surface area contributed by atoms with Crippen molar-refractivity contribution in [2.24, 2.45) is 4.99 Å². The standard InChI is InChI=1S/C37H57N3O9/c1-35(2,3)30-13-11-28(12-14-30)29-23-27(24-31(25-29)47-22-21-46-20-19-45-18-17-44-16-15-43-10)26-38-32(39-33(41)48-36(4,5)6)40-34(42)49-37(7,8)9/h11-14,23-25H,15-22,26H2,1-10H3,(H2,38,39,40,41,42). The molecule has 0 saturated carbocycles. The summed E-state index contributed by atoms with van der Waals surface area (Å²) in [6.45, 7) is 20.7. The van der Waals surface area contributed by atoms with Gasteiger partial charge in [-0.2, -0.15) is 0 Å². The number of carbonyl (C=O) groups is 2. The van der Waals surface area contributed by atoms with E-state index in [9.17, 15) is 9.59 Å². The average Bonchev–Trinajstić information content (AvgIpc) is 2.98. The molecule has 2 aromatic carbocycles. The van der Waals surface area contributed by atoms with Crippen molar-refractivity contribution in [3.05, 3.63) is 53.6 Å². The highest BCUT2D eigenvalue weighted by atomic mass is 16.6. The molecule has 0 fully saturated rings. The minimum atomic E-state index is -0.764. The minimum absolute atomic E-state index is 0.0188. The number of amides is 2. The number of hydrogen-bond acceptors (Lipinski definition) is 10. The number of nitrogens with zero attached hydrogens (tertiary/aromatic N) is 1. The van der Waals surface area contributed by atoms with Crippen LogP contribution in [0.1, 0.15) is 73.4 Å². The molecule has 0 heterocycles. The van der Waals surface area contributed by atoms with Crippen LogP contribution < -0.4 is 15.4 Å². The lowest BCUT2D eigenvalue weighted by Crippen LogP contribution is -2.47. The van der Waals surface area contributed by atoms with Crippen LogP contribution >= 0.6 is 0 Å². The molecule has 2 rings (SSSR count). The molecule has 0 aliphatic carbocycles. The fraction of sp³-hybridized carbons (Fsp3) is 0.595. The summed E-state index contributed by atoms with van der Waals surface area (Å²) in [6, 6.07) is 14.2. The smallest absolute Gasteiger partial charge is 0.414 e. The lowest BCUT2D eigenvalue weighted by molar-refractivity contribution is 0.000163. The van der Waals surface area contributed by atoms with Crippen LogP contribution in [0, 0.1) is 0 Å². The molecule has 0 spiro atoms. The Morgan fingerprint density at radius 2 is 1.12 bits per heavy atom. The van der Waals surface area contributed by atoms with Gasteiger partial charge in [-0.05, 0) is 87.4 Å². The van der Waals surface area contributed by atoms with E-state index in [0.717, 1.165) is 16.7 Å². The molecule has 49 heavy (non-hydrogen) atoms. The van der Waals surface area contributed by atoms with Gasteiger partial charge < -0.3 is 33.2 Å². The van der Waals surface area contributed by atoms with Gasteiger partial charge in [-0.15, -0.1) is 0 Å². The molecule has 0 unspecified atom stereocenters. The van der Waals surface area contributed by atoms with E-state index in [1.54, 1.807) is 48.7 Å². The Balaban J connectivity index is 2.19. The number of nitrogens with one attached hydrogen (secondary N) is 2. The molecule has 12 nitrogen and oxygen atoms in total. The van der Waals surface area contributed by atoms with Gasteiger partial charge in [0.1, 0.15) is 23.6 Å². The van der Waals surface area contributed by atoms with E-state index in [-0.39, 0.29) is 17.9 Å². The summed E-state index contributed by atoms with van der Waals surface area (Å²) in [5.74, 6) is 0.514. The van der Waals surface area contributed by atoms with E-state index in [1.807, 2.05) is 18.2 Å². The summed E-state index contributed by atoms with van der Waals surface area (Å²) in [7, 11) is 1.63. The van der Waals surface area contributed by atoms with Crippen molar-refractivity contribution in [3.8, 4) is 16.9 Å². The number of rotatable bonds is 16. The fourth-order valence-electron chi connectivity index (χ4n) is 4.15. The number of carbonyl (C=O) groups excluding carboxylic acids is 2. The number of guanidine groups is 1. The first-order chi connectivity index (χ1) is 22.9. The molecule has 0 radical (unpaired) electrons. The minimum Gasteiger partial charge on any atom is -0.491 e. The van der Waals surface area contributed by atoms with Gasteiger partial charge in [0.25, 0.3) is 0 Å². The second-order valence-electron chi connectivity index (χ2n) is 14.3. The maximum Gasteiger partial charge on any atom is 0.414 e. The van der Waals surface area contributed by atoms with Crippen LogP contribution in [0.3, 0.4) is 0 Å². The van der Waals surface area contributed by atoms with Crippen molar-refractivity contribution in [3.63, 3.8) is 0 Å². The zero-order valence-electron chi connectivity index (χ0n) is 31.0. The van der Waals surface area contributed by atoms with Crippen LogP contribution in [-0.4, -0.2) is 89.3 Å². The van der Waals surface area contributed by atoms with Crippen LogP contribution in [0.2, 0.25) is 0 Å². The summed E-state index contributed by atoms with van der Waals surface area (Å²) in [5, 5.41) is 5.05. The van der Waals surface area contributed by atoms with Gasteiger partial charge in [0, 0.05) is 7.11 Å². The molecule has 0 bridgehead atoms. The molecular weight excluding hydrogens is 630 g/mol. The van der Waals surface area contributed by atoms with Crippen LogP contribution in [-0.2, 0) is 40.4 Å². The summed E-state index contributed by atoms with van der Waals surface area (Å²) >= 11 is 0. The van der Waals surface area contributed by atoms with E-state index in [1.165, 1.54) is 5.56 Å². The van der Waals surface area contributed by atoms with Gasteiger partial charge in [-0.1, -0.05) is 45.0 Å². The second kappa shape index (κ2) is 20.1. The van der Waals surface area contributed by atoms with Crippen molar-refractivity contribution < 1.29 is 42.7 Å². The topological polar surface area (TPSA) is 135 Å². The molecule has 274 valence electrons. The number of benzene rings is 2. The molecule has 2 aromatic rings. The van der Waals surface area contributed by atoms with E-state index in [2.05, 4.69) is 60.7 Å². The quantitative estimate of drug-likeness (QED) is 0.113. The molecule has 12 heteroatoms. The van der Waals surface area contributed by atoms with Crippen LogP contribution in [0.25, 0.3) is 11.1 Å². The molecule has 0 aliphatic heterocycles. The van der Waals surface area contributed by atoms with Gasteiger partial charge >= 0.3 is 12.2 Å². The Bertz CT molecular complexity index is 1290. The zero-order chi connectivity index (χ0) is 36.5. The Morgan fingerprint density at radius 1 is 0.633 bits per heavy atom. The predicted molar refractivity (Wildman–Crippen MR) is 190 cm³/mol. The van der Waals surface area contributed by atoms with E-state index in [4.69, 9.17) is 33.2 Å². The number of ether oxygens (including phenoxy) is 7. The zero-order valence-corrected chi connectivity index (χ0v) is 31.0. The molecule has 2 N–H and O–H groups in total. The van der Waals surface area contributed by atoms with Crippen LogP contribution in [0.4, 0.5) is 9.59 Å². The number of aliphatic imine (C=N–C) groups is 1. The lowest BCUT2D eigenvalue weighted by atomic mass is 9.86. The number of alkyl carbamates (subject to hydrolysis) is 2. The Kier molecular flexibility index (Phi) is 17.0. The molecule has 0 saturated heterocycles. The molecule has 2 amide bonds. The molecular formula is C37H57N3O9. The van der Waals surface area contributed by atoms with Gasteiger partial charge in [0.15, 0.2) is 0 Å². The van der Waals surface area contributed by atoms with E-state index >= 15 is 0 Å². The third-order valence-electron chi connectivity index (χ3n) is 6.38. The largest absolute Gasteiger partial charge is 0.491 e. The van der Waals surface area contributed by atoms with Crippen molar-refractivity contribution in [1.82, 2.24) is 10.6 Å². The average molecular weight is 688 g/mol. The van der Waals surface area contributed by atoms with Crippen molar-refractivity contribution in [2.75, 3.05) is 60.0 Å². The lowest BCUT2D eigenvalue weighted by Gasteiger charge is -2.22.